The van der Waals surface area contributed by atoms with E-state index in [4.69, 9.17) is 27.8 Å². The molecule has 0 radical (unpaired) electrons. The van der Waals surface area contributed by atoms with Gasteiger partial charge in [-0.1, -0.05) is 0 Å². The molecule has 0 aliphatic carbocycles. The third-order valence-electron chi connectivity index (χ3n) is 0. The Morgan fingerprint density at radius 1 is 0.714 bits per heavy atom. The van der Waals surface area contributed by atoms with Crippen LogP contribution in [0.3, 0.4) is 0 Å². The second kappa shape index (κ2) is 23.7. The molecule has 0 unspecified atom stereocenters. The van der Waals surface area contributed by atoms with Crippen LogP contribution in [-0.4, -0.2) is 82.9 Å². The molecule has 0 aromatic rings. The van der Waals surface area contributed by atoms with Gasteiger partial charge in [0.15, 0.2) is 0 Å². The fourth-order valence-corrected chi connectivity index (χ4v) is 0. The van der Waals surface area contributed by atoms with E-state index in [-0.39, 0.29) is 55.1 Å². The van der Waals surface area contributed by atoms with Gasteiger partial charge in [0.25, 0.3) is 0 Å². The topological polar surface area (TPSA) is 120 Å². The minimum absolute atomic E-state index is 0. The molecule has 0 amide bonds. The van der Waals surface area contributed by atoms with Crippen LogP contribution in [0.25, 0.3) is 0 Å². The van der Waals surface area contributed by atoms with Gasteiger partial charge in [-0.3, -0.25) is 12.3 Å². The molecule has 0 saturated carbocycles. The van der Waals surface area contributed by atoms with Crippen molar-refractivity contribution in [3.05, 3.63) is 0 Å². The van der Waals surface area contributed by atoms with Crippen LogP contribution in [0.4, 0.5) is 12.3 Å². The van der Waals surface area contributed by atoms with Crippen LogP contribution < -0.4 is 14.4 Å². The van der Waals surface area contributed by atoms with Gasteiger partial charge < -0.3 is 27.8 Å². The van der Waals surface area contributed by atoms with Gasteiger partial charge in [0.05, 0.1) is 0 Å². The van der Waals surface area contributed by atoms with Crippen molar-refractivity contribution in [3.8, 4) is 0 Å². The minimum atomic E-state index is -3.88. The molecule has 6 nitrogen and oxygen atoms in total. The Kier molecular flexibility index (Phi) is 49.7. The predicted octanol–water partition coefficient (Wildman–Crippen LogP) is -5.10. The van der Waals surface area contributed by atoms with E-state index in [1.807, 2.05) is 0 Å². The standard InChI is InChI=1S/Al.Ca.3FO2Si.2H/c;;3*1-4(2)3;;/q+3;;3*-1;;. The molecule has 0 bridgehead atoms. The first-order valence-electron chi connectivity index (χ1n) is 1.79. The Morgan fingerprint density at radius 2 is 0.714 bits per heavy atom. The molecule has 14 heavy (non-hydrogen) atoms. The summed E-state index contributed by atoms with van der Waals surface area (Å²) in [5.41, 5.74) is 0. The van der Waals surface area contributed by atoms with E-state index in [1.54, 1.807) is 0 Å². The second-order valence-electron chi connectivity index (χ2n) is 0.713. The SMILES string of the molecule is O=[Si]([O-])F.O=[Si]([O-])F.O=[Si]([O-])F.[Al+3].[CaH2]. The molecular weight excluding hydrogens is 304 g/mol. The molecule has 76 valence electrons. The summed E-state index contributed by atoms with van der Waals surface area (Å²) >= 11 is 0. The summed E-state index contributed by atoms with van der Waals surface area (Å²) in [6, 6.07) is 0. The number of hydrogen-bond acceptors (Lipinski definition) is 6. The summed E-state index contributed by atoms with van der Waals surface area (Å²) < 4.78 is 55.2. The van der Waals surface area contributed by atoms with Gasteiger partial charge in [-0.15, -0.1) is 0 Å². The van der Waals surface area contributed by atoms with E-state index in [1.165, 1.54) is 0 Å². The zero-order valence-corrected chi connectivity index (χ0v) is 9.82. The molecule has 0 spiro atoms. The first-order valence-corrected chi connectivity index (χ1v) is 5.38. The van der Waals surface area contributed by atoms with Crippen LogP contribution in [0, 0.1) is 0 Å². The van der Waals surface area contributed by atoms with Crippen molar-refractivity contribution in [2.75, 3.05) is 0 Å². The van der Waals surface area contributed by atoms with Gasteiger partial charge in [0.1, 0.15) is 0 Å². The van der Waals surface area contributed by atoms with E-state index in [2.05, 4.69) is 0 Å². The summed E-state index contributed by atoms with van der Waals surface area (Å²) in [7, 11) is -11.6. The van der Waals surface area contributed by atoms with Crippen molar-refractivity contribution in [2.24, 2.45) is 0 Å². The molecule has 0 saturated heterocycles. The fourth-order valence-electron chi connectivity index (χ4n) is 0. The molecule has 14 heteroatoms. The van der Waals surface area contributed by atoms with Crippen molar-refractivity contribution < 1.29 is 40.1 Å². The quantitative estimate of drug-likeness (QED) is 0.326. The van der Waals surface area contributed by atoms with Crippen LogP contribution in [-0.2, 0) is 13.4 Å². The summed E-state index contributed by atoms with van der Waals surface area (Å²) in [6.45, 7) is 0. The van der Waals surface area contributed by atoms with Crippen molar-refractivity contribution in [1.29, 1.82) is 0 Å². The summed E-state index contributed by atoms with van der Waals surface area (Å²) in [5, 5.41) is 0. The Morgan fingerprint density at radius 3 is 0.714 bits per heavy atom. The van der Waals surface area contributed by atoms with Crippen molar-refractivity contribution in [3.63, 3.8) is 0 Å². The first kappa shape index (κ1) is 29.4. The fraction of sp³-hybridized carbons (Fsp3) is 0. The van der Waals surface area contributed by atoms with Gasteiger partial charge in [0, 0.05) is 0 Å². The maximum atomic E-state index is 9.99. The van der Waals surface area contributed by atoms with Gasteiger partial charge in [-0.25, -0.2) is 0 Å². The molecule has 0 aromatic heterocycles. The Labute approximate surface area is 122 Å². The molecule has 0 aromatic carbocycles. The molecular formula is H2AlCaF3O6Si3. The van der Waals surface area contributed by atoms with Gasteiger partial charge >= 0.3 is 82.9 Å². The van der Waals surface area contributed by atoms with Crippen molar-refractivity contribution in [1.82, 2.24) is 0 Å². The van der Waals surface area contributed by atoms with Crippen LogP contribution in [0.1, 0.15) is 0 Å². The predicted molar refractivity (Wildman–Crippen MR) is 36.9 cm³/mol. The molecule has 0 aliphatic rings. The van der Waals surface area contributed by atoms with Crippen molar-refractivity contribution >= 4 is 82.9 Å². The van der Waals surface area contributed by atoms with Gasteiger partial charge in [-0.2, -0.15) is 0 Å². The average Bonchev–Trinajstić information content (AvgIpc) is 1.54. The van der Waals surface area contributed by atoms with Crippen LogP contribution in [0.15, 0.2) is 0 Å². The second-order valence-corrected chi connectivity index (χ2v) is 2.14. The summed E-state index contributed by atoms with van der Waals surface area (Å²) in [4.78, 5) is 25.2. The summed E-state index contributed by atoms with van der Waals surface area (Å²) in [6.07, 6.45) is 0. The van der Waals surface area contributed by atoms with Gasteiger partial charge in [-0.05, 0) is 0 Å². The normalized spacial score (nSPS) is 5.36. The monoisotopic (exact) mass is 306 g/mol. The molecule has 0 aliphatic heterocycles. The van der Waals surface area contributed by atoms with Crippen molar-refractivity contribution in [2.45, 2.75) is 0 Å². The molecule has 0 rings (SSSR count). The molecule has 0 N–H and O–H groups in total. The molecule has 0 atom stereocenters. The first-order chi connectivity index (χ1) is 5.20. The maximum absolute atomic E-state index is 9.99. The number of hydrogen-bond donors (Lipinski definition) is 0. The third kappa shape index (κ3) is 1770. The Bertz CT molecular complexity index is 126. The molecule has 0 heterocycles. The van der Waals surface area contributed by atoms with Gasteiger partial charge in [0.2, 0.25) is 0 Å². The zero-order chi connectivity index (χ0) is 10.7. The van der Waals surface area contributed by atoms with E-state index in [9.17, 15) is 12.3 Å². The van der Waals surface area contributed by atoms with E-state index in [0.29, 0.717) is 0 Å². The van der Waals surface area contributed by atoms with Crippen LogP contribution in [0.2, 0.25) is 0 Å². The summed E-state index contributed by atoms with van der Waals surface area (Å²) in [5.74, 6) is 0. The Hall–Kier alpha value is 1.03. The third-order valence-corrected chi connectivity index (χ3v) is 0. The van der Waals surface area contributed by atoms with E-state index >= 15 is 0 Å². The Balaban J connectivity index is -0.0000000270. The van der Waals surface area contributed by atoms with E-state index < -0.39 is 27.8 Å². The van der Waals surface area contributed by atoms with E-state index in [0.717, 1.165) is 0 Å². The van der Waals surface area contributed by atoms with Crippen LogP contribution in [0.5, 0.6) is 0 Å². The van der Waals surface area contributed by atoms with Crippen LogP contribution >= 0.6 is 0 Å². The average molecular weight is 306 g/mol. The number of rotatable bonds is 0. The zero-order valence-electron chi connectivity index (χ0n) is 5.66. The number of halogens is 3. The molecule has 0 fully saturated rings.